The second kappa shape index (κ2) is 10.1. The van der Waals surface area contributed by atoms with Crippen molar-refractivity contribution in [3.8, 4) is 0 Å². The molecule has 2 amide bonds. The molecule has 1 N–H and O–H groups in total. The lowest BCUT2D eigenvalue weighted by Gasteiger charge is -2.36. The number of nitro groups is 1. The molecule has 182 valence electrons. The molecule has 9 heteroatoms. The number of rotatable bonds is 4. The predicted octanol–water partition coefficient (Wildman–Crippen LogP) is 4.07. The maximum atomic E-state index is 13.0. The van der Waals surface area contributed by atoms with Gasteiger partial charge in [0.2, 0.25) is 0 Å². The molecule has 0 bridgehead atoms. The van der Waals surface area contributed by atoms with Crippen LogP contribution in [-0.4, -0.2) is 59.1 Å². The van der Waals surface area contributed by atoms with Gasteiger partial charge in [0.05, 0.1) is 9.83 Å². The van der Waals surface area contributed by atoms with Gasteiger partial charge >= 0.3 is 0 Å². The second-order valence-corrected chi connectivity index (χ2v) is 10.5. The van der Waals surface area contributed by atoms with Gasteiger partial charge in [0.15, 0.2) is 0 Å². The van der Waals surface area contributed by atoms with E-state index in [4.69, 9.17) is 0 Å². The largest absolute Gasteiger partial charge is 0.368 e. The van der Waals surface area contributed by atoms with Crippen molar-refractivity contribution in [1.82, 2.24) is 10.2 Å². The summed E-state index contributed by atoms with van der Waals surface area (Å²) < 4.78 is 0. The van der Waals surface area contributed by atoms with Crippen LogP contribution in [0, 0.1) is 10.1 Å². The highest BCUT2D eigenvalue weighted by atomic mass is 32.2. The molecule has 2 atom stereocenters. The molecule has 35 heavy (non-hydrogen) atoms. The lowest BCUT2D eigenvalue weighted by atomic mass is 9.94. The van der Waals surface area contributed by atoms with Gasteiger partial charge in [0.25, 0.3) is 17.5 Å². The van der Waals surface area contributed by atoms with Crippen LogP contribution in [0.5, 0.6) is 0 Å². The Hall–Kier alpha value is -3.33. The van der Waals surface area contributed by atoms with Crippen molar-refractivity contribution in [2.75, 3.05) is 31.1 Å². The van der Waals surface area contributed by atoms with E-state index in [2.05, 4.69) is 10.2 Å². The van der Waals surface area contributed by atoms with Crippen LogP contribution < -0.4 is 10.2 Å². The topological polar surface area (TPSA) is 95.8 Å². The Morgan fingerprint density at radius 3 is 2.37 bits per heavy atom. The number of hydrogen-bond donors (Lipinski definition) is 1. The first kappa shape index (κ1) is 23.4. The minimum Gasteiger partial charge on any atom is -0.368 e. The third kappa shape index (κ3) is 5.19. The highest BCUT2D eigenvalue weighted by Crippen LogP contribution is 2.37. The van der Waals surface area contributed by atoms with E-state index in [9.17, 15) is 19.7 Å². The number of nitrogens with one attached hydrogen (secondary N) is 1. The molecule has 1 aliphatic carbocycles. The van der Waals surface area contributed by atoms with E-state index in [1.807, 2.05) is 35.2 Å². The zero-order valence-corrected chi connectivity index (χ0v) is 20.2. The Bertz CT molecular complexity index is 1140. The summed E-state index contributed by atoms with van der Waals surface area (Å²) in [7, 11) is 0. The van der Waals surface area contributed by atoms with Crippen molar-refractivity contribution in [3.05, 3.63) is 74.7 Å². The molecule has 1 saturated carbocycles. The summed E-state index contributed by atoms with van der Waals surface area (Å²) in [6.07, 6.45) is 6.52. The molecule has 2 unspecified atom stereocenters. The molecule has 5 rings (SSSR count). The molecule has 3 fully saturated rings. The minimum absolute atomic E-state index is 0.00388. The van der Waals surface area contributed by atoms with Crippen molar-refractivity contribution in [3.63, 3.8) is 0 Å². The number of amides is 2. The van der Waals surface area contributed by atoms with Gasteiger partial charge in [-0.25, -0.2) is 0 Å². The minimum atomic E-state index is -0.406. The molecule has 8 nitrogen and oxygen atoms in total. The summed E-state index contributed by atoms with van der Waals surface area (Å²) in [5, 5.41) is 14.5. The fraction of sp³-hybridized carbons (Fsp3) is 0.385. The predicted molar refractivity (Wildman–Crippen MR) is 137 cm³/mol. The van der Waals surface area contributed by atoms with E-state index in [0.29, 0.717) is 43.0 Å². The number of piperazine rings is 1. The van der Waals surface area contributed by atoms with Gasteiger partial charge in [0.1, 0.15) is 0 Å². The van der Waals surface area contributed by atoms with Crippen LogP contribution in [0.15, 0.2) is 53.4 Å². The lowest BCUT2D eigenvalue weighted by molar-refractivity contribution is -0.384. The summed E-state index contributed by atoms with van der Waals surface area (Å²) in [6.45, 7) is 2.51. The third-order valence-corrected chi connectivity index (χ3v) is 8.39. The van der Waals surface area contributed by atoms with Crippen LogP contribution in [0.3, 0.4) is 0 Å². The van der Waals surface area contributed by atoms with Gasteiger partial charge in [0, 0.05) is 60.9 Å². The number of hydrogen-bond acceptors (Lipinski definition) is 6. The number of carbonyl (C=O) groups excluding carboxylic acids is 2. The monoisotopic (exact) mass is 492 g/mol. The molecule has 2 aliphatic heterocycles. The molecule has 2 saturated heterocycles. The van der Waals surface area contributed by atoms with Crippen LogP contribution in [0.2, 0.25) is 0 Å². The Morgan fingerprint density at radius 1 is 1.00 bits per heavy atom. The zero-order chi connectivity index (χ0) is 24.4. The number of thioether (sulfide) groups is 1. The zero-order valence-electron chi connectivity index (χ0n) is 19.4. The summed E-state index contributed by atoms with van der Waals surface area (Å²) >= 11 is 1.69. The maximum Gasteiger partial charge on any atom is 0.269 e. The quantitative estimate of drug-likeness (QED) is 0.393. The van der Waals surface area contributed by atoms with Crippen molar-refractivity contribution in [2.24, 2.45) is 0 Å². The van der Waals surface area contributed by atoms with E-state index >= 15 is 0 Å². The Balaban J connectivity index is 1.18. The SMILES string of the molecule is O=C1NC2CCCCC2S/C1=C/c1ccc(C(=O)N2CCN(c3ccc([N+](=O)[O-])cc3)CC2)cc1. The normalized spacial score (nSPS) is 23.5. The van der Waals surface area contributed by atoms with Gasteiger partial charge < -0.3 is 15.1 Å². The Kier molecular flexibility index (Phi) is 6.77. The average Bonchev–Trinajstić information content (AvgIpc) is 2.89. The number of nitrogens with zero attached hydrogens (tertiary/aromatic N) is 3. The maximum absolute atomic E-state index is 13.0. The summed E-state index contributed by atoms with van der Waals surface area (Å²) in [5.74, 6) is -0.00780. The van der Waals surface area contributed by atoms with Crippen molar-refractivity contribution >= 4 is 41.0 Å². The summed E-state index contributed by atoms with van der Waals surface area (Å²) in [4.78, 5) is 40.7. The fourth-order valence-electron chi connectivity index (χ4n) is 4.97. The average molecular weight is 493 g/mol. The van der Waals surface area contributed by atoms with E-state index in [1.165, 1.54) is 25.0 Å². The van der Waals surface area contributed by atoms with Gasteiger partial charge in [-0.3, -0.25) is 19.7 Å². The van der Waals surface area contributed by atoms with Crippen LogP contribution in [0.1, 0.15) is 41.6 Å². The molecule has 2 aromatic carbocycles. The molecule has 0 spiro atoms. The molecule has 2 heterocycles. The molecular weight excluding hydrogens is 464 g/mol. The third-order valence-electron chi connectivity index (χ3n) is 6.97. The van der Waals surface area contributed by atoms with E-state index in [1.54, 1.807) is 23.9 Å². The highest BCUT2D eigenvalue weighted by Gasteiger charge is 2.34. The number of nitro benzene ring substituents is 1. The Morgan fingerprint density at radius 2 is 1.69 bits per heavy atom. The molecule has 2 aromatic rings. The van der Waals surface area contributed by atoms with Gasteiger partial charge in [-0.05, 0) is 48.7 Å². The van der Waals surface area contributed by atoms with Gasteiger partial charge in [-0.1, -0.05) is 25.0 Å². The first-order valence-corrected chi connectivity index (χ1v) is 12.9. The summed E-state index contributed by atoms with van der Waals surface area (Å²) in [6, 6.07) is 14.3. The van der Waals surface area contributed by atoms with Crippen molar-refractivity contribution < 1.29 is 14.5 Å². The first-order valence-electron chi connectivity index (χ1n) is 12.1. The lowest BCUT2D eigenvalue weighted by Crippen LogP contribution is -2.48. The highest BCUT2D eigenvalue weighted by molar-refractivity contribution is 8.04. The molecule has 0 radical (unpaired) electrons. The van der Waals surface area contributed by atoms with Crippen molar-refractivity contribution in [1.29, 1.82) is 0 Å². The van der Waals surface area contributed by atoms with E-state index < -0.39 is 4.92 Å². The number of anilines is 1. The second-order valence-electron chi connectivity index (χ2n) is 9.20. The van der Waals surface area contributed by atoms with Gasteiger partial charge in [-0.15, -0.1) is 11.8 Å². The molecule has 0 aromatic heterocycles. The van der Waals surface area contributed by atoms with Crippen LogP contribution in [0.4, 0.5) is 11.4 Å². The van der Waals surface area contributed by atoms with Gasteiger partial charge in [-0.2, -0.15) is 0 Å². The Labute approximate surface area is 208 Å². The number of non-ortho nitro benzene ring substituents is 1. The van der Waals surface area contributed by atoms with Crippen LogP contribution >= 0.6 is 11.8 Å². The standard InChI is InChI=1S/C26H28N4O4S/c31-25-24(35-23-4-2-1-3-22(23)27-25)17-18-5-7-19(8-6-18)26(32)29-15-13-28(14-16-29)20-9-11-21(12-10-20)30(33)34/h5-12,17,22-23H,1-4,13-16H2,(H,27,31)/b24-17+. The smallest absolute Gasteiger partial charge is 0.269 e. The number of benzene rings is 2. The number of carbonyl (C=O) groups is 2. The van der Waals surface area contributed by atoms with E-state index in [-0.39, 0.29) is 17.5 Å². The van der Waals surface area contributed by atoms with Crippen LogP contribution in [-0.2, 0) is 4.79 Å². The van der Waals surface area contributed by atoms with Crippen LogP contribution in [0.25, 0.3) is 6.08 Å². The first-order chi connectivity index (χ1) is 17.0. The summed E-state index contributed by atoms with van der Waals surface area (Å²) in [5.41, 5.74) is 2.53. The van der Waals surface area contributed by atoms with Crippen molar-refractivity contribution in [2.45, 2.75) is 37.0 Å². The molecule has 3 aliphatic rings. The molecular formula is C26H28N4O4S. The number of fused-ring (bicyclic) bond motifs is 1. The van der Waals surface area contributed by atoms with E-state index in [0.717, 1.165) is 29.0 Å². The fourth-order valence-corrected chi connectivity index (χ4v) is 6.32.